The Hall–Kier alpha value is -1.69. The summed E-state index contributed by atoms with van der Waals surface area (Å²) in [5.41, 5.74) is 0. The molecular weight excluding hydrogens is 212 g/mol. The second-order valence-electron chi connectivity index (χ2n) is 2.20. The van der Waals surface area contributed by atoms with E-state index in [1.807, 2.05) is 0 Å². The number of hydrogen-bond acceptors (Lipinski definition) is 5. The lowest BCUT2D eigenvalue weighted by Crippen LogP contribution is -2.14. The van der Waals surface area contributed by atoms with E-state index in [9.17, 15) is 9.59 Å². The first-order chi connectivity index (χ1) is 6.59. The quantitative estimate of drug-likeness (QED) is 0.585. The van der Waals surface area contributed by atoms with Crippen LogP contribution in [-0.4, -0.2) is 27.0 Å². The molecule has 0 saturated heterocycles. The van der Waals surface area contributed by atoms with Gasteiger partial charge >= 0.3 is 11.9 Å². The highest BCUT2D eigenvalue weighted by atomic mass is 35.5. The molecule has 0 amide bonds. The number of nitrogens with zero attached hydrogens (tertiary/aromatic N) is 2. The first kappa shape index (κ1) is 10.4. The van der Waals surface area contributed by atoms with Crippen molar-refractivity contribution < 1.29 is 19.4 Å². The third-order valence-corrected chi connectivity index (χ3v) is 1.39. The number of ether oxygens (including phenoxy) is 1. The predicted molar refractivity (Wildman–Crippen MR) is 44.9 cm³/mol. The highest BCUT2D eigenvalue weighted by molar-refractivity contribution is 6.30. The highest BCUT2D eigenvalue weighted by Gasteiger charge is 2.13. The molecule has 0 aliphatic carbocycles. The molecule has 1 N–H and O–H groups in total. The van der Waals surface area contributed by atoms with E-state index in [0.29, 0.717) is 0 Å². The lowest BCUT2D eigenvalue weighted by Gasteiger charge is -2.01. The molecule has 0 aliphatic rings. The summed E-state index contributed by atoms with van der Waals surface area (Å²) in [6.07, 6.45) is 1.85. The minimum Gasteiger partial charge on any atom is -0.481 e. The van der Waals surface area contributed by atoms with Gasteiger partial charge in [-0.1, -0.05) is 11.6 Å². The summed E-state index contributed by atoms with van der Waals surface area (Å²) < 4.78 is 4.53. The predicted octanol–water partition coefficient (Wildman–Crippen LogP) is 0.510. The summed E-state index contributed by atoms with van der Waals surface area (Å²) in [6.45, 7) is 0. The van der Waals surface area contributed by atoms with Crippen molar-refractivity contribution in [2.75, 3.05) is 0 Å². The first-order valence-electron chi connectivity index (χ1n) is 3.48. The maximum absolute atomic E-state index is 10.8. The fourth-order valence-corrected chi connectivity index (χ4v) is 0.788. The summed E-state index contributed by atoms with van der Waals surface area (Å²) in [6, 6.07) is 0. The van der Waals surface area contributed by atoms with E-state index in [-0.39, 0.29) is 11.0 Å². The Morgan fingerprint density at radius 2 is 2.07 bits per heavy atom. The number of aliphatic carboxylic acids is 1. The summed E-state index contributed by atoms with van der Waals surface area (Å²) in [7, 11) is 0. The smallest absolute Gasteiger partial charge is 0.323 e. The molecule has 1 heterocycles. The molecule has 0 unspecified atom stereocenters. The fraction of sp³-hybridized carbons (Fsp3) is 0.143. The topological polar surface area (TPSA) is 89.4 Å². The molecule has 74 valence electrons. The average Bonchev–Trinajstić information content (AvgIpc) is 2.07. The van der Waals surface area contributed by atoms with Gasteiger partial charge in [0.15, 0.2) is 5.15 Å². The molecule has 0 radical (unpaired) electrons. The number of rotatable bonds is 3. The zero-order valence-electron chi connectivity index (χ0n) is 6.81. The number of carboxylic acids is 1. The van der Waals surface area contributed by atoms with Crippen LogP contribution in [0.1, 0.15) is 6.42 Å². The van der Waals surface area contributed by atoms with Crippen molar-refractivity contribution in [3.63, 3.8) is 0 Å². The Morgan fingerprint density at radius 3 is 2.64 bits per heavy atom. The number of carboxylic acid groups (broad SMARTS) is 1. The van der Waals surface area contributed by atoms with Crippen LogP contribution in [0.25, 0.3) is 0 Å². The van der Waals surface area contributed by atoms with Gasteiger partial charge in [-0.3, -0.25) is 9.59 Å². The van der Waals surface area contributed by atoms with Crippen molar-refractivity contribution in [1.29, 1.82) is 0 Å². The summed E-state index contributed by atoms with van der Waals surface area (Å²) in [4.78, 5) is 28.1. The first-order valence-corrected chi connectivity index (χ1v) is 3.86. The van der Waals surface area contributed by atoms with Gasteiger partial charge in [-0.25, -0.2) is 9.97 Å². The summed E-state index contributed by atoms with van der Waals surface area (Å²) >= 11 is 5.51. The van der Waals surface area contributed by atoms with Gasteiger partial charge in [-0.2, -0.15) is 0 Å². The Balaban J connectivity index is 2.65. The molecule has 14 heavy (non-hydrogen) atoms. The standard InChI is InChI=1S/C7H5ClN2O4/c8-6-7(10-2-1-9-6)14-5(13)3-4(11)12/h1-2H,3H2,(H,11,12). The third-order valence-electron chi connectivity index (χ3n) is 1.13. The van der Waals surface area contributed by atoms with E-state index < -0.39 is 18.4 Å². The van der Waals surface area contributed by atoms with Gasteiger partial charge in [0.2, 0.25) is 0 Å². The van der Waals surface area contributed by atoms with Gasteiger partial charge in [-0.05, 0) is 0 Å². The number of esters is 1. The van der Waals surface area contributed by atoms with Gasteiger partial charge in [-0.15, -0.1) is 0 Å². The number of carbonyl (C=O) groups is 2. The lowest BCUT2D eigenvalue weighted by molar-refractivity contribution is -0.145. The van der Waals surface area contributed by atoms with E-state index >= 15 is 0 Å². The van der Waals surface area contributed by atoms with Crippen LogP contribution < -0.4 is 4.74 Å². The molecular formula is C7H5ClN2O4. The van der Waals surface area contributed by atoms with Crippen molar-refractivity contribution >= 4 is 23.5 Å². The molecule has 1 rings (SSSR count). The molecule has 0 bridgehead atoms. The van der Waals surface area contributed by atoms with Gasteiger partial charge in [0, 0.05) is 12.4 Å². The van der Waals surface area contributed by atoms with Crippen molar-refractivity contribution in [2.24, 2.45) is 0 Å². The molecule has 0 aromatic carbocycles. The molecule has 0 saturated carbocycles. The van der Waals surface area contributed by atoms with Crippen molar-refractivity contribution in [1.82, 2.24) is 9.97 Å². The summed E-state index contributed by atoms with van der Waals surface area (Å²) in [5, 5.41) is 8.17. The Kier molecular flexibility index (Phi) is 3.35. The van der Waals surface area contributed by atoms with E-state index in [0.717, 1.165) is 0 Å². The number of carbonyl (C=O) groups excluding carboxylic acids is 1. The van der Waals surface area contributed by atoms with Crippen LogP contribution in [0, 0.1) is 0 Å². The SMILES string of the molecule is O=C(O)CC(=O)Oc1nccnc1Cl. The maximum Gasteiger partial charge on any atom is 0.323 e. The molecule has 0 fully saturated rings. The molecule has 0 aliphatic heterocycles. The Morgan fingerprint density at radius 1 is 1.43 bits per heavy atom. The third kappa shape index (κ3) is 2.98. The lowest BCUT2D eigenvalue weighted by atomic mass is 10.4. The van der Waals surface area contributed by atoms with Gasteiger partial charge in [0.05, 0.1) is 0 Å². The molecule has 0 spiro atoms. The number of halogens is 1. The second kappa shape index (κ2) is 4.52. The largest absolute Gasteiger partial charge is 0.481 e. The zero-order chi connectivity index (χ0) is 10.6. The van der Waals surface area contributed by atoms with E-state index in [4.69, 9.17) is 16.7 Å². The zero-order valence-corrected chi connectivity index (χ0v) is 7.56. The Bertz CT molecular complexity index is 368. The molecule has 7 heteroatoms. The molecule has 6 nitrogen and oxygen atoms in total. The van der Waals surface area contributed by atoms with Crippen LogP contribution in [0.3, 0.4) is 0 Å². The van der Waals surface area contributed by atoms with Gasteiger partial charge < -0.3 is 9.84 Å². The minimum absolute atomic E-state index is 0.0914. The van der Waals surface area contributed by atoms with Crippen molar-refractivity contribution in [3.8, 4) is 5.88 Å². The van der Waals surface area contributed by atoms with Crippen molar-refractivity contribution in [2.45, 2.75) is 6.42 Å². The monoisotopic (exact) mass is 216 g/mol. The minimum atomic E-state index is -1.28. The van der Waals surface area contributed by atoms with E-state index in [1.54, 1.807) is 0 Å². The second-order valence-corrected chi connectivity index (χ2v) is 2.55. The van der Waals surface area contributed by atoms with Crippen LogP contribution in [0.5, 0.6) is 5.88 Å². The van der Waals surface area contributed by atoms with Crippen LogP contribution in [0.15, 0.2) is 12.4 Å². The number of hydrogen-bond donors (Lipinski definition) is 1. The molecule has 1 aromatic rings. The summed E-state index contributed by atoms with van der Waals surface area (Å²) in [5.74, 6) is -2.42. The van der Waals surface area contributed by atoms with Crippen molar-refractivity contribution in [3.05, 3.63) is 17.5 Å². The Labute approximate surface area is 83.5 Å². The number of aromatic nitrogens is 2. The fourth-order valence-electron chi connectivity index (χ4n) is 0.644. The van der Waals surface area contributed by atoms with Crippen LogP contribution >= 0.6 is 11.6 Å². The van der Waals surface area contributed by atoms with Gasteiger partial charge in [0.1, 0.15) is 6.42 Å². The van der Waals surface area contributed by atoms with Gasteiger partial charge in [0.25, 0.3) is 5.88 Å². The average molecular weight is 217 g/mol. The molecule has 1 aromatic heterocycles. The van der Waals surface area contributed by atoms with E-state index in [1.165, 1.54) is 12.4 Å². The van der Waals surface area contributed by atoms with Crippen LogP contribution in [-0.2, 0) is 9.59 Å². The van der Waals surface area contributed by atoms with Crippen LogP contribution in [0.4, 0.5) is 0 Å². The normalized spacial score (nSPS) is 9.50. The molecule has 0 atom stereocenters. The van der Waals surface area contributed by atoms with E-state index in [2.05, 4.69) is 14.7 Å². The van der Waals surface area contributed by atoms with Crippen LogP contribution in [0.2, 0.25) is 5.15 Å². The highest BCUT2D eigenvalue weighted by Crippen LogP contribution is 2.17. The maximum atomic E-state index is 10.8.